The van der Waals surface area contributed by atoms with Crippen molar-refractivity contribution in [3.05, 3.63) is 0 Å². The quantitative estimate of drug-likeness (QED) is 0.0222. The molecule has 0 aliphatic rings. The van der Waals surface area contributed by atoms with E-state index in [1.54, 1.807) is 0 Å². The van der Waals surface area contributed by atoms with Crippen LogP contribution in [0, 0.1) is 5.92 Å². The Bertz CT molecular complexity index is 1950. The number of aliphatic hydroxyl groups is 1. The molecule has 0 aliphatic heterocycles. The second-order valence-corrected chi connectivity index (χ2v) is 33.0. The number of aliphatic hydroxyl groups excluding tert-OH is 1. The van der Waals surface area contributed by atoms with E-state index < -0.39 is 97.5 Å². The summed E-state index contributed by atoms with van der Waals surface area (Å²) in [5.41, 5.74) is 0. The number of esters is 4. The molecular formula is C83H162O17P2. The molecule has 0 aromatic carbocycles. The molecule has 0 spiro atoms. The zero-order valence-electron chi connectivity index (χ0n) is 66.8. The van der Waals surface area contributed by atoms with Gasteiger partial charge < -0.3 is 33.8 Å². The van der Waals surface area contributed by atoms with E-state index in [2.05, 4.69) is 34.6 Å². The lowest BCUT2D eigenvalue weighted by atomic mass is 10.00. The number of rotatable bonds is 83. The molecule has 606 valence electrons. The summed E-state index contributed by atoms with van der Waals surface area (Å²) >= 11 is 0. The Hall–Kier alpha value is -1.94. The summed E-state index contributed by atoms with van der Waals surface area (Å²) in [6.07, 6.45) is 68.0. The summed E-state index contributed by atoms with van der Waals surface area (Å²) in [5.74, 6) is -1.37. The van der Waals surface area contributed by atoms with Crippen molar-refractivity contribution < 1.29 is 80.2 Å². The minimum Gasteiger partial charge on any atom is -0.462 e. The number of carbonyl (C=O) groups excluding carboxylic acids is 4. The molecule has 0 radical (unpaired) electrons. The van der Waals surface area contributed by atoms with E-state index in [4.69, 9.17) is 37.0 Å². The van der Waals surface area contributed by atoms with Gasteiger partial charge in [-0.15, -0.1) is 0 Å². The van der Waals surface area contributed by atoms with Gasteiger partial charge in [-0.05, 0) is 31.6 Å². The van der Waals surface area contributed by atoms with Crippen molar-refractivity contribution in [1.82, 2.24) is 0 Å². The Labute approximate surface area is 626 Å². The Morgan fingerprint density at radius 1 is 0.275 bits per heavy atom. The van der Waals surface area contributed by atoms with Crippen molar-refractivity contribution in [2.24, 2.45) is 5.92 Å². The second kappa shape index (κ2) is 75.9. The van der Waals surface area contributed by atoms with Crippen LogP contribution in [0.1, 0.15) is 446 Å². The normalized spacial score (nSPS) is 14.1. The molecule has 3 N–H and O–H groups in total. The van der Waals surface area contributed by atoms with Crippen LogP contribution in [0.25, 0.3) is 0 Å². The first kappa shape index (κ1) is 100. The topological polar surface area (TPSA) is 237 Å². The smallest absolute Gasteiger partial charge is 0.462 e. The molecule has 17 nitrogen and oxygen atoms in total. The van der Waals surface area contributed by atoms with E-state index in [0.29, 0.717) is 25.7 Å². The van der Waals surface area contributed by atoms with Crippen LogP contribution in [0.3, 0.4) is 0 Å². The Morgan fingerprint density at radius 2 is 0.471 bits per heavy atom. The maximum atomic E-state index is 13.1. The standard InChI is InChI=1S/C83H162O17P2/c1-6-10-13-16-19-22-25-28-31-34-36-39-41-44-47-50-56-61-66-80(85)93-72-78(99-82(87)68-64-59-52-49-46-43-40-37-35-32-29-26-23-20-17-14-11-7-2)74-97-101(89,90)95-70-77(84)71-96-102(91,92)98-75-79(73-94-81(86)67-62-57-54-53-55-60-65-76(5)9-4)100-83(88)69-63-58-51-48-45-42-38-33-30-27-24-21-18-15-12-8-3/h76-79,84H,6-75H2,1-5H3,(H,89,90)(H,91,92)/t76?,77-,78-,79-/m1/s1. The zero-order chi connectivity index (χ0) is 74.8. The zero-order valence-corrected chi connectivity index (χ0v) is 68.5. The van der Waals surface area contributed by atoms with Gasteiger partial charge in [0.2, 0.25) is 0 Å². The van der Waals surface area contributed by atoms with E-state index in [1.807, 2.05) is 0 Å². The molecule has 0 fully saturated rings. The maximum absolute atomic E-state index is 13.1. The predicted molar refractivity (Wildman–Crippen MR) is 418 cm³/mol. The molecule has 19 heteroatoms. The number of hydrogen-bond acceptors (Lipinski definition) is 15. The van der Waals surface area contributed by atoms with Gasteiger partial charge in [0, 0.05) is 25.7 Å². The van der Waals surface area contributed by atoms with E-state index in [1.165, 1.54) is 263 Å². The molecule has 3 unspecified atom stereocenters. The van der Waals surface area contributed by atoms with Crippen molar-refractivity contribution >= 4 is 39.5 Å². The monoisotopic (exact) mass is 1490 g/mol. The van der Waals surface area contributed by atoms with E-state index in [9.17, 15) is 43.2 Å². The van der Waals surface area contributed by atoms with Crippen LogP contribution < -0.4 is 0 Å². The number of phosphoric ester groups is 2. The predicted octanol–water partition coefficient (Wildman–Crippen LogP) is 25.2. The van der Waals surface area contributed by atoms with Crippen molar-refractivity contribution in [3.8, 4) is 0 Å². The summed E-state index contributed by atoms with van der Waals surface area (Å²) in [7, 11) is -9.92. The highest BCUT2D eigenvalue weighted by atomic mass is 31.2. The molecule has 0 saturated carbocycles. The van der Waals surface area contributed by atoms with Gasteiger partial charge in [0.1, 0.15) is 19.3 Å². The van der Waals surface area contributed by atoms with Crippen molar-refractivity contribution in [3.63, 3.8) is 0 Å². The third-order valence-corrected chi connectivity index (χ3v) is 21.8. The highest BCUT2D eigenvalue weighted by Gasteiger charge is 2.30. The largest absolute Gasteiger partial charge is 0.472 e. The number of carbonyl (C=O) groups is 4. The molecular weight excluding hydrogens is 1330 g/mol. The summed E-state index contributed by atoms with van der Waals surface area (Å²) < 4.78 is 68.8. The van der Waals surface area contributed by atoms with Gasteiger partial charge in [0.05, 0.1) is 26.4 Å². The average molecular weight is 1490 g/mol. The highest BCUT2D eigenvalue weighted by Crippen LogP contribution is 2.45. The van der Waals surface area contributed by atoms with Crippen molar-refractivity contribution in [2.45, 2.75) is 464 Å². The van der Waals surface area contributed by atoms with Crippen molar-refractivity contribution in [2.75, 3.05) is 39.6 Å². The lowest BCUT2D eigenvalue weighted by molar-refractivity contribution is -0.161. The molecule has 6 atom stereocenters. The average Bonchev–Trinajstić information content (AvgIpc) is 0.916. The molecule has 102 heavy (non-hydrogen) atoms. The molecule has 0 saturated heterocycles. The van der Waals surface area contributed by atoms with Gasteiger partial charge in [0.15, 0.2) is 12.2 Å². The van der Waals surface area contributed by atoms with Crippen LogP contribution in [-0.4, -0.2) is 96.7 Å². The molecule has 0 aromatic rings. The lowest BCUT2D eigenvalue weighted by Gasteiger charge is -2.21. The molecule has 0 aliphatic carbocycles. The van der Waals surface area contributed by atoms with Gasteiger partial charge in [-0.3, -0.25) is 37.3 Å². The van der Waals surface area contributed by atoms with Crippen LogP contribution in [0.15, 0.2) is 0 Å². The molecule has 0 aromatic heterocycles. The minimum absolute atomic E-state index is 0.108. The van der Waals surface area contributed by atoms with Gasteiger partial charge >= 0.3 is 39.5 Å². The molecule has 0 heterocycles. The summed E-state index contributed by atoms with van der Waals surface area (Å²) in [6.45, 7) is 7.31. The van der Waals surface area contributed by atoms with Crippen LogP contribution >= 0.6 is 15.6 Å². The fourth-order valence-corrected chi connectivity index (χ4v) is 14.5. The lowest BCUT2D eigenvalue weighted by Crippen LogP contribution is -2.30. The minimum atomic E-state index is -4.96. The number of phosphoric acid groups is 2. The van der Waals surface area contributed by atoms with Gasteiger partial charge in [-0.25, -0.2) is 9.13 Å². The van der Waals surface area contributed by atoms with E-state index in [-0.39, 0.29) is 25.7 Å². The van der Waals surface area contributed by atoms with E-state index in [0.717, 1.165) is 102 Å². The SMILES string of the molecule is CCCCCCCCCCCCCCCCCCCCC(=O)OC[C@H](COP(=O)(O)OC[C@@H](O)COP(=O)(O)OC[C@@H](COC(=O)CCCCCCCCC(C)CC)OC(=O)CCCCCCCCCCCCCCCCCC)OC(=O)CCCCCCCCCCCCCCCCCCCC. The van der Waals surface area contributed by atoms with Gasteiger partial charge in [-0.1, -0.05) is 394 Å². The number of hydrogen-bond donors (Lipinski definition) is 3. The summed E-state index contributed by atoms with van der Waals surface area (Å²) in [4.78, 5) is 73.1. The summed E-state index contributed by atoms with van der Waals surface area (Å²) in [5, 5.41) is 10.7. The second-order valence-electron chi connectivity index (χ2n) is 30.1. The van der Waals surface area contributed by atoms with Crippen LogP contribution in [-0.2, 0) is 65.4 Å². The fraction of sp³-hybridized carbons (Fsp3) is 0.952. The van der Waals surface area contributed by atoms with Crippen LogP contribution in [0.2, 0.25) is 0 Å². The third-order valence-electron chi connectivity index (χ3n) is 19.9. The van der Waals surface area contributed by atoms with Crippen molar-refractivity contribution in [1.29, 1.82) is 0 Å². The Balaban J connectivity index is 5.24. The van der Waals surface area contributed by atoms with Crippen LogP contribution in [0.5, 0.6) is 0 Å². The van der Waals surface area contributed by atoms with Crippen LogP contribution in [0.4, 0.5) is 0 Å². The molecule has 0 amide bonds. The first-order valence-corrected chi connectivity index (χ1v) is 46.2. The maximum Gasteiger partial charge on any atom is 0.472 e. The van der Waals surface area contributed by atoms with Gasteiger partial charge in [0.25, 0.3) is 0 Å². The highest BCUT2D eigenvalue weighted by molar-refractivity contribution is 7.47. The fourth-order valence-electron chi connectivity index (χ4n) is 12.9. The Kier molecular flexibility index (Phi) is 74.4. The first-order valence-electron chi connectivity index (χ1n) is 43.2. The number of unbranched alkanes of at least 4 members (excludes halogenated alkanes) is 54. The molecule has 0 rings (SSSR count). The Morgan fingerprint density at radius 3 is 0.696 bits per heavy atom. The number of ether oxygens (including phenoxy) is 4. The molecule has 0 bridgehead atoms. The van der Waals surface area contributed by atoms with Gasteiger partial charge in [-0.2, -0.15) is 0 Å². The third kappa shape index (κ3) is 74.9. The summed E-state index contributed by atoms with van der Waals surface area (Å²) in [6, 6.07) is 0. The first-order chi connectivity index (χ1) is 49.6. The van der Waals surface area contributed by atoms with E-state index >= 15 is 0 Å².